The third kappa shape index (κ3) is 3.06. The lowest BCUT2D eigenvalue weighted by molar-refractivity contribution is -0.145. The van der Waals surface area contributed by atoms with Crippen molar-refractivity contribution in [2.75, 3.05) is 12.1 Å². The van der Waals surface area contributed by atoms with Crippen molar-refractivity contribution in [1.29, 1.82) is 0 Å². The van der Waals surface area contributed by atoms with Gasteiger partial charge in [0.15, 0.2) is 11.5 Å². The smallest absolute Gasteiger partial charge is 0.453 e. The minimum absolute atomic E-state index is 0.0678. The van der Waals surface area contributed by atoms with E-state index >= 15 is 0 Å². The predicted molar refractivity (Wildman–Crippen MR) is 93.7 cm³/mol. The molecular formula is C19H12F4N4O2. The zero-order valence-electron chi connectivity index (χ0n) is 14.6. The van der Waals surface area contributed by atoms with E-state index in [1.165, 1.54) is 24.3 Å². The van der Waals surface area contributed by atoms with Gasteiger partial charge in [-0.3, -0.25) is 0 Å². The Balaban J connectivity index is 1.63. The Kier molecular flexibility index (Phi) is 3.76. The summed E-state index contributed by atoms with van der Waals surface area (Å²) >= 11 is 0. The summed E-state index contributed by atoms with van der Waals surface area (Å²) in [6.45, 7) is 0.0779. The third-order valence-electron chi connectivity index (χ3n) is 4.61. The van der Waals surface area contributed by atoms with Gasteiger partial charge in [-0.05, 0) is 53.6 Å². The molecule has 3 aromatic rings. The van der Waals surface area contributed by atoms with Crippen LogP contribution in [0.25, 0.3) is 5.70 Å². The molecule has 2 aliphatic rings. The number of fused-ring (bicyclic) bond motifs is 2. The van der Waals surface area contributed by atoms with Crippen molar-refractivity contribution in [1.82, 2.24) is 14.8 Å². The van der Waals surface area contributed by atoms with E-state index in [4.69, 9.17) is 9.47 Å². The number of nitrogens with one attached hydrogen (secondary N) is 1. The molecular weight excluding hydrogens is 392 g/mol. The number of nitrogens with zero attached hydrogens (tertiary/aromatic N) is 3. The van der Waals surface area contributed by atoms with Crippen molar-refractivity contribution < 1.29 is 27.0 Å². The number of rotatable bonds is 2. The van der Waals surface area contributed by atoms with Crippen LogP contribution in [0.2, 0.25) is 0 Å². The molecule has 10 heteroatoms. The first-order valence-corrected chi connectivity index (χ1v) is 8.56. The second kappa shape index (κ2) is 6.23. The molecule has 0 saturated carbocycles. The second-order valence-corrected chi connectivity index (χ2v) is 6.47. The number of hydrogen-bond donors (Lipinski definition) is 1. The van der Waals surface area contributed by atoms with Crippen LogP contribution in [0, 0.1) is 5.82 Å². The average Bonchev–Trinajstić information content (AvgIpc) is 3.33. The predicted octanol–water partition coefficient (Wildman–Crippen LogP) is 4.22. The summed E-state index contributed by atoms with van der Waals surface area (Å²) in [5.41, 5.74) is 1.72. The zero-order valence-corrected chi connectivity index (χ0v) is 14.6. The molecule has 3 heterocycles. The topological polar surface area (TPSA) is 61.2 Å². The molecule has 148 valence electrons. The molecule has 1 atom stereocenters. The maximum atomic E-state index is 13.3. The molecule has 29 heavy (non-hydrogen) atoms. The van der Waals surface area contributed by atoms with Crippen molar-refractivity contribution in [2.24, 2.45) is 0 Å². The molecule has 2 aliphatic heterocycles. The molecule has 0 amide bonds. The molecule has 0 unspecified atom stereocenters. The molecule has 0 fully saturated rings. The van der Waals surface area contributed by atoms with E-state index in [0.29, 0.717) is 28.3 Å². The van der Waals surface area contributed by atoms with Crippen molar-refractivity contribution in [3.8, 4) is 11.5 Å². The maximum Gasteiger partial charge on any atom is 0.453 e. The number of anilines is 1. The molecule has 0 aliphatic carbocycles. The van der Waals surface area contributed by atoms with E-state index in [-0.39, 0.29) is 12.7 Å². The van der Waals surface area contributed by atoms with Crippen LogP contribution in [0.15, 0.2) is 48.5 Å². The van der Waals surface area contributed by atoms with Gasteiger partial charge < -0.3 is 14.8 Å². The van der Waals surface area contributed by atoms with Gasteiger partial charge in [-0.1, -0.05) is 6.07 Å². The van der Waals surface area contributed by atoms with Crippen molar-refractivity contribution in [3.05, 3.63) is 71.3 Å². The Morgan fingerprint density at radius 2 is 1.79 bits per heavy atom. The van der Waals surface area contributed by atoms with Gasteiger partial charge in [0.2, 0.25) is 12.7 Å². The summed E-state index contributed by atoms with van der Waals surface area (Å²) in [7, 11) is 0. The number of allylic oxidation sites excluding steroid dienone is 1. The minimum Gasteiger partial charge on any atom is -0.454 e. The number of aromatic nitrogens is 3. The van der Waals surface area contributed by atoms with Crippen molar-refractivity contribution in [3.63, 3.8) is 0 Å². The Morgan fingerprint density at radius 1 is 1.03 bits per heavy atom. The summed E-state index contributed by atoms with van der Waals surface area (Å²) in [4.78, 5) is 3.61. The summed E-state index contributed by atoms with van der Waals surface area (Å²) in [6, 6.07) is 10.0. The lowest BCUT2D eigenvalue weighted by atomic mass is 10.0. The van der Waals surface area contributed by atoms with Gasteiger partial charge >= 0.3 is 6.18 Å². The Morgan fingerprint density at radius 3 is 2.55 bits per heavy atom. The highest BCUT2D eigenvalue weighted by atomic mass is 19.4. The summed E-state index contributed by atoms with van der Waals surface area (Å²) in [5.74, 6) is -0.683. The first kappa shape index (κ1) is 17.5. The van der Waals surface area contributed by atoms with Gasteiger partial charge in [0.25, 0.3) is 5.82 Å². The highest BCUT2D eigenvalue weighted by molar-refractivity contribution is 5.77. The summed E-state index contributed by atoms with van der Waals surface area (Å²) < 4.78 is 64.7. The normalized spacial score (nSPS) is 17.5. The van der Waals surface area contributed by atoms with Gasteiger partial charge in [-0.25, -0.2) is 9.07 Å². The molecule has 1 N–H and O–H groups in total. The minimum atomic E-state index is -4.69. The molecule has 6 nitrogen and oxygen atoms in total. The molecule has 0 spiro atoms. The Hall–Kier alpha value is -3.56. The Labute approximate surface area is 161 Å². The summed E-state index contributed by atoms with van der Waals surface area (Å²) in [5, 5.41) is 6.51. The number of ether oxygens (including phenoxy) is 2. The van der Waals surface area contributed by atoms with Crippen LogP contribution in [-0.4, -0.2) is 21.6 Å². The highest BCUT2D eigenvalue weighted by Crippen LogP contribution is 2.39. The first-order chi connectivity index (χ1) is 13.9. The quantitative estimate of drug-likeness (QED) is 0.648. The Bertz CT molecular complexity index is 1120. The van der Waals surface area contributed by atoms with Gasteiger partial charge in [0, 0.05) is 5.70 Å². The zero-order chi connectivity index (χ0) is 20.2. The molecule has 2 aromatic carbocycles. The van der Waals surface area contributed by atoms with Gasteiger partial charge in [0.05, 0.1) is 0 Å². The SMILES string of the molecule is Fc1ccc(C2=C[C@H](c3ccc4c(c3)OCO4)n3nc(C(F)(F)F)nc3N2)cc1. The van der Waals surface area contributed by atoms with Crippen LogP contribution in [-0.2, 0) is 6.18 Å². The fraction of sp³-hybridized carbons (Fsp3) is 0.158. The molecule has 1 aromatic heterocycles. The average molecular weight is 404 g/mol. The lowest BCUT2D eigenvalue weighted by Crippen LogP contribution is -2.20. The van der Waals surface area contributed by atoms with Crippen molar-refractivity contribution in [2.45, 2.75) is 12.2 Å². The third-order valence-corrected chi connectivity index (χ3v) is 4.61. The number of halogens is 4. The lowest BCUT2D eigenvalue weighted by Gasteiger charge is -2.24. The van der Waals surface area contributed by atoms with Gasteiger partial charge in [-0.15, -0.1) is 5.10 Å². The molecule has 0 radical (unpaired) electrons. The molecule has 0 bridgehead atoms. The molecule has 5 rings (SSSR count). The van der Waals surface area contributed by atoms with Crippen LogP contribution in [0.4, 0.5) is 23.5 Å². The van der Waals surface area contributed by atoms with E-state index < -0.39 is 23.9 Å². The van der Waals surface area contributed by atoms with E-state index in [0.717, 1.165) is 4.68 Å². The fourth-order valence-corrected chi connectivity index (χ4v) is 3.25. The second-order valence-electron chi connectivity index (χ2n) is 6.47. The van der Waals surface area contributed by atoms with Gasteiger partial charge in [0.1, 0.15) is 11.9 Å². The number of benzene rings is 2. The van der Waals surface area contributed by atoms with E-state index in [1.54, 1.807) is 24.3 Å². The maximum absolute atomic E-state index is 13.3. The van der Waals surface area contributed by atoms with E-state index in [1.807, 2.05) is 0 Å². The van der Waals surface area contributed by atoms with Crippen LogP contribution in [0.1, 0.15) is 23.0 Å². The standard InChI is InChI=1S/C19H12F4N4O2/c20-12-4-1-10(2-5-12)13-8-14(11-3-6-15-16(7-11)29-9-28-15)27-18(24-13)25-17(26-27)19(21,22)23/h1-8,14H,9H2,(H,24,25,26)/t14-/m1/s1. The highest BCUT2D eigenvalue weighted by Gasteiger charge is 2.39. The fourth-order valence-electron chi connectivity index (χ4n) is 3.25. The van der Waals surface area contributed by atoms with Crippen molar-refractivity contribution >= 4 is 11.6 Å². The largest absolute Gasteiger partial charge is 0.454 e. The van der Waals surface area contributed by atoms with Gasteiger partial charge in [-0.2, -0.15) is 18.2 Å². The van der Waals surface area contributed by atoms with Crippen LogP contribution in [0.5, 0.6) is 11.5 Å². The van der Waals surface area contributed by atoms with Crippen LogP contribution >= 0.6 is 0 Å². The van der Waals surface area contributed by atoms with Crippen LogP contribution < -0.4 is 14.8 Å². The van der Waals surface area contributed by atoms with Crippen LogP contribution in [0.3, 0.4) is 0 Å². The van der Waals surface area contributed by atoms with E-state index in [2.05, 4.69) is 15.4 Å². The monoisotopic (exact) mass is 404 g/mol. The van der Waals surface area contributed by atoms with E-state index in [9.17, 15) is 17.6 Å². The number of alkyl halides is 3. The summed E-state index contributed by atoms with van der Waals surface area (Å²) in [6.07, 6.45) is -2.99. The first-order valence-electron chi connectivity index (χ1n) is 8.56. The molecule has 0 saturated heterocycles. The number of hydrogen-bond acceptors (Lipinski definition) is 5.